The molecule has 0 aliphatic carbocycles. The van der Waals surface area contributed by atoms with Crippen LogP contribution >= 0.6 is 0 Å². The van der Waals surface area contributed by atoms with Crippen LogP contribution in [-0.4, -0.2) is 13.2 Å². The van der Waals surface area contributed by atoms with Crippen molar-refractivity contribution in [3.05, 3.63) is 54.1 Å². The summed E-state index contributed by atoms with van der Waals surface area (Å²) >= 11 is 0. The molecule has 2 aromatic carbocycles. The second kappa shape index (κ2) is 7.28. The van der Waals surface area contributed by atoms with E-state index in [1.165, 1.54) is 16.7 Å². The van der Waals surface area contributed by atoms with E-state index in [2.05, 4.69) is 54.7 Å². The van der Waals surface area contributed by atoms with Crippen molar-refractivity contribution in [1.29, 1.82) is 0 Å². The molecule has 0 fully saturated rings. The van der Waals surface area contributed by atoms with Gasteiger partial charge in [-0.2, -0.15) is 0 Å². The van der Waals surface area contributed by atoms with Crippen LogP contribution in [0.5, 0.6) is 5.75 Å². The van der Waals surface area contributed by atoms with Crippen LogP contribution in [0.1, 0.15) is 38.8 Å². The Morgan fingerprint density at radius 3 is 2.29 bits per heavy atom. The molecule has 1 N–H and O–H groups in total. The molecule has 0 aliphatic rings. The van der Waals surface area contributed by atoms with E-state index in [0.29, 0.717) is 6.04 Å². The summed E-state index contributed by atoms with van der Waals surface area (Å²) in [7, 11) is 2.01. The van der Waals surface area contributed by atoms with Crippen LogP contribution < -0.4 is 10.1 Å². The van der Waals surface area contributed by atoms with Crippen molar-refractivity contribution in [2.75, 3.05) is 7.05 Å². The Morgan fingerprint density at radius 1 is 1.00 bits per heavy atom. The van der Waals surface area contributed by atoms with Gasteiger partial charge in [0, 0.05) is 6.04 Å². The van der Waals surface area contributed by atoms with Gasteiger partial charge in [-0.1, -0.05) is 37.3 Å². The lowest BCUT2D eigenvalue weighted by atomic mass is 9.98. The third-order valence-corrected chi connectivity index (χ3v) is 3.58. The summed E-state index contributed by atoms with van der Waals surface area (Å²) in [5.41, 5.74) is 3.75. The summed E-state index contributed by atoms with van der Waals surface area (Å²) in [5.74, 6) is 0.925. The smallest absolute Gasteiger partial charge is 0.120 e. The van der Waals surface area contributed by atoms with Gasteiger partial charge in [-0.25, -0.2) is 0 Å². The van der Waals surface area contributed by atoms with Crippen LogP contribution in [0.3, 0.4) is 0 Å². The van der Waals surface area contributed by atoms with Crippen LogP contribution in [0.2, 0.25) is 0 Å². The van der Waals surface area contributed by atoms with E-state index >= 15 is 0 Å². The van der Waals surface area contributed by atoms with Crippen molar-refractivity contribution < 1.29 is 4.74 Å². The van der Waals surface area contributed by atoms with Crippen LogP contribution in [0.15, 0.2) is 48.5 Å². The summed E-state index contributed by atoms with van der Waals surface area (Å²) in [5, 5.41) is 3.36. The SMILES string of the molecule is CCC(NC)c1cccc(-c2cccc(OC(C)C)c2)c1. The van der Waals surface area contributed by atoms with Gasteiger partial charge in [-0.05, 0) is 62.2 Å². The van der Waals surface area contributed by atoms with Crippen LogP contribution in [0.25, 0.3) is 11.1 Å². The lowest BCUT2D eigenvalue weighted by Gasteiger charge is -2.16. The fourth-order valence-electron chi connectivity index (χ4n) is 2.56. The molecule has 0 heterocycles. The van der Waals surface area contributed by atoms with Gasteiger partial charge in [0.2, 0.25) is 0 Å². The first-order chi connectivity index (χ1) is 10.1. The van der Waals surface area contributed by atoms with Crippen LogP contribution in [0.4, 0.5) is 0 Å². The first-order valence-electron chi connectivity index (χ1n) is 7.68. The second-order valence-corrected chi connectivity index (χ2v) is 5.57. The third-order valence-electron chi connectivity index (χ3n) is 3.58. The Bertz CT molecular complexity index is 573. The summed E-state index contributed by atoms with van der Waals surface area (Å²) in [6.45, 7) is 6.29. The van der Waals surface area contributed by atoms with Gasteiger partial charge in [-0.15, -0.1) is 0 Å². The zero-order valence-electron chi connectivity index (χ0n) is 13.4. The standard InChI is InChI=1S/C19H25NO/c1-5-19(20-4)17-10-6-8-15(12-17)16-9-7-11-18(13-16)21-14(2)3/h6-14,19-20H,5H2,1-4H3. The quantitative estimate of drug-likeness (QED) is 0.821. The Morgan fingerprint density at radius 2 is 1.67 bits per heavy atom. The molecule has 1 atom stereocenters. The highest BCUT2D eigenvalue weighted by atomic mass is 16.5. The number of hydrogen-bond donors (Lipinski definition) is 1. The zero-order chi connectivity index (χ0) is 15.2. The Hall–Kier alpha value is -1.80. The maximum absolute atomic E-state index is 5.78. The predicted octanol–water partition coefficient (Wildman–Crippen LogP) is 4.81. The number of nitrogens with one attached hydrogen (secondary N) is 1. The second-order valence-electron chi connectivity index (χ2n) is 5.57. The van der Waals surface area contributed by atoms with Crippen molar-refractivity contribution in [3.8, 4) is 16.9 Å². The van der Waals surface area contributed by atoms with E-state index in [1.807, 2.05) is 27.0 Å². The van der Waals surface area contributed by atoms with E-state index < -0.39 is 0 Å². The normalized spacial score (nSPS) is 12.4. The molecule has 0 bridgehead atoms. The first kappa shape index (κ1) is 15.6. The van der Waals surface area contributed by atoms with E-state index in [1.54, 1.807) is 0 Å². The summed E-state index contributed by atoms with van der Waals surface area (Å²) in [6.07, 6.45) is 1.27. The molecule has 0 aliphatic heterocycles. The molecule has 2 aromatic rings. The lowest BCUT2D eigenvalue weighted by molar-refractivity contribution is 0.242. The molecule has 1 unspecified atom stereocenters. The highest BCUT2D eigenvalue weighted by Crippen LogP contribution is 2.27. The maximum atomic E-state index is 5.78. The highest BCUT2D eigenvalue weighted by Gasteiger charge is 2.08. The van der Waals surface area contributed by atoms with Gasteiger partial charge < -0.3 is 10.1 Å². The monoisotopic (exact) mass is 283 g/mol. The van der Waals surface area contributed by atoms with Gasteiger partial charge in [0.1, 0.15) is 5.75 Å². The molecule has 2 nitrogen and oxygen atoms in total. The van der Waals surface area contributed by atoms with Gasteiger partial charge in [0.15, 0.2) is 0 Å². The molecule has 2 heteroatoms. The Kier molecular flexibility index (Phi) is 5.40. The average molecular weight is 283 g/mol. The lowest BCUT2D eigenvalue weighted by Crippen LogP contribution is -2.15. The van der Waals surface area contributed by atoms with E-state index in [-0.39, 0.29) is 6.10 Å². The van der Waals surface area contributed by atoms with Gasteiger partial charge >= 0.3 is 0 Å². The van der Waals surface area contributed by atoms with Gasteiger partial charge in [0.05, 0.1) is 6.10 Å². The van der Waals surface area contributed by atoms with Gasteiger partial charge in [-0.3, -0.25) is 0 Å². The minimum atomic E-state index is 0.195. The summed E-state index contributed by atoms with van der Waals surface area (Å²) in [4.78, 5) is 0. The molecule has 0 saturated heterocycles. The minimum absolute atomic E-state index is 0.195. The molecule has 2 rings (SSSR count). The number of ether oxygens (including phenoxy) is 1. The molecule has 0 radical (unpaired) electrons. The number of benzene rings is 2. The summed E-state index contributed by atoms with van der Waals surface area (Å²) in [6, 6.07) is 17.4. The molecule has 112 valence electrons. The zero-order valence-corrected chi connectivity index (χ0v) is 13.4. The van der Waals surface area contributed by atoms with Crippen LogP contribution in [0, 0.1) is 0 Å². The number of rotatable bonds is 6. The number of hydrogen-bond acceptors (Lipinski definition) is 2. The highest BCUT2D eigenvalue weighted by molar-refractivity contribution is 5.66. The molecule has 21 heavy (non-hydrogen) atoms. The van der Waals surface area contributed by atoms with E-state index in [0.717, 1.165) is 12.2 Å². The van der Waals surface area contributed by atoms with Crippen molar-refractivity contribution >= 4 is 0 Å². The topological polar surface area (TPSA) is 21.3 Å². The Balaban J connectivity index is 2.31. The molecule has 0 aromatic heterocycles. The summed E-state index contributed by atoms with van der Waals surface area (Å²) < 4.78 is 5.78. The third kappa shape index (κ3) is 4.08. The predicted molar refractivity (Wildman–Crippen MR) is 89.7 cm³/mol. The molecular formula is C19H25NO. The largest absolute Gasteiger partial charge is 0.491 e. The van der Waals surface area contributed by atoms with E-state index in [4.69, 9.17) is 4.74 Å². The van der Waals surface area contributed by atoms with Gasteiger partial charge in [0.25, 0.3) is 0 Å². The molecule has 0 spiro atoms. The Labute approximate surface area is 128 Å². The molecule has 0 amide bonds. The van der Waals surface area contributed by atoms with Crippen molar-refractivity contribution in [2.24, 2.45) is 0 Å². The molecule has 0 saturated carbocycles. The fourth-order valence-corrected chi connectivity index (χ4v) is 2.56. The van der Waals surface area contributed by atoms with Crippen molar-refractivity contribution in [3.63, 3.8) is 0 Å². The van der Waals surface area contributed by atoms with Crippen LogP contribution in [-0.2, 0) is 0 Å². The van der Waals surface area contributed by atoms with Crippen molar-refractivity contribution in [2.45, 2.75) is 39.3 Å². The minimum Gasteiger partial charge on any atom is -0.491 e. The van der Waals surface area contributed by atoms with Crippen molar-refractivity contribution in [1.82, 2.24) is 5.32 Å². The fraction of sp³-hybridized carbons (Fsp3) is 0.368. The maximum Gasteiger partial charge on any atom is 0.120 e. The molecular weight excluding hydrogens is 258 g/mol. The van der Waals surface area contributed by atoms with E-state index in [9.17, 15) is 0 Å². The average Bonchev–Trinajstić information content (AvgIpc) is 2.48. The first-order valence-corrected chi connectivity index (χ1v) is 7.68.